The van der Waals surface area contributed by atoms with Gasteiger partial charge in [0.15, 0.2) is 0 Å². The Bertz CT molecular complexity index is 354. The summed E-state index contributed by atoms with van der Waals surface area (Å²) in [5.74, 6) is -0.0273. The SMILES string of the molecule is CC(C)(C)C(=O)NCc1cncn1CCF. The molecule has 0 saturated carbocycles. The normalized spacial score (nSPS) is 11.5. The number of halogens is 1. The summed E-state index contributed by atoms with van der Waals surface area (Å²) >= 11 is 0. The van der Waals surface area contributed by atoms with Crippen molar-refractivity contribution in [2.45, 2.75) is 33.9 Å². The summed E-state index contributed by atoms with van der Waals surface area (Å²) in [5.41, 5.74) is 0.403. The molecule has 0 bridgehead atoms. The van der Waals surface area contributed by atoms with Crippen molar-refractivity contribution >= 4 is 5.91 Å². The molecular formula is C11H18FN3O. The van der Waals surface area contributed by atoms with Gasteiger partial charge in [-0.3, -0.25) is 4.79 Å². The molecule has 1 heterocycles. The van der Waals surface area contributed by atoms with Crippen LogP contribution in [0.4, 0.5) is 4.39 Å². The molecule has 0 aliphatic heterocycles. The highest BCUT2D eigenvalue weighted by Crippen LogP contribution is 2.12. The maximum Gasteiger partial charge on any atom is 0.225 e. The zero-order valence-electron chi connectivity index (χ0n) is 9.96. The second-order valence-electron chi connectivity index (χ2n) is 4.70. The fourth-order valence-electron chi connectivity index (χ4n) is 1.22. The Hall–Kier alpha value is -1.39. The van der Waals surface area contributed by atoms with Crippen LogP contribution in [0, 0.1) is 5.41 Å². The fourth-order valence-corrected chi connectivity index (χ4v) is 1.22. The van der Waals surface area contributed by atoms with Gasteiger partial charge < -0.3 is 9.88 Å². The van der Waals surface area contributed by atoms with Crippen molar-refractivity contribution in [3.8, 4) is 0 Å². The molecule has 0 radical (unpaired) electrons. The van der Waals surface area contributed by atoms with Crippen LogP contribution in [0.5, 0.6) is 0 Å². The number of alkyl halides is 1. The number of hydrogen-bond donors (Lipinski definition) is 1. The average Bonchev–Trinajstić information content (AvgIpc) is 2.61. The lowest BCUT2D eigenvalue weighted by atomic mass is 9.96. The van der Waals surface area contributed by atoms with Crippen LogP contribution in [0.2, 0.25) is 0 Å². The zero-order chi connectivity index (χ0) is 12.2. The zero-order valence-corrected chi connectivity index (χ0v) is 9.96. The molecular weight excluding hydrogens is 209 g/mol. The summed E-state index contributed by atoms with van der Waals surface area (Å²) in [4.78, 5) is 15.5. The van der Waals surface area contributed by atoms with Gasteiger partial charge in [0, 0.05) is 11.6 Å². The highest BCUT2D eigenvalue weighted by Gasteiger charge is 2.20. The van der Waals surface area contributed by atoms with Crippen LogP contribution >= 0.6 is 0 Å². The molecule has 0 aliphatic carbocycles. The Balaban J connectivity index is 2.54. The van der Waals surface area contributed by atoms with Gasteiger partial charge in [0.1, 0.15) is 6.67 Å². The lowest BCUT2D eigenvalue weighted by Crippen LogP contribution is -2.34. The average molecular weight is 227 g/mol. The van der Waals surface area contributed by atoms with Crippen molar-refractivity contribution in [1.29, 1.82) is 0 Å². The maximum atomic E-state index is 12.2. The summed E-state index contributed by atoms with van der Waals surface area (Å²) < 4.78 is 13.9. The van der Waals surface area contributed by atoms with Crippen molar-refractivity contribution < 1.29 is 9.18 Å². The minimum atomic E-state index is -0.434. The fraction of sp³-hybridized carbons (Fsp3) is 0.636. The molecule has 1 amide bonds. The minimum absolute atomic E-state index is 0.0273. The lowest BCUT2D eigenvalue weighted by Gasteiger charge is -2.17. The number of imidazole rings is 1. The van der Waals surface area contributed by atoms with E-state index in [-0.39, 0.29) is 12.5 Å². The van der Waals surface area contributed by atoms with Crippen LogP contribution in [-0.2, 0) is 17.9 Å². The quantitative estimate of drug-likeness (QED) is 0.847. The van der Waals surface area contributed by atoms with Crippen LogP contribution in [0.15, 0.2) is 12.5 Å². The van der Waals surface area contributed by atoms with E-state index in [4.69, 9.17) is 0 Å². The van der Waals surface area contributed by atoms with Gasteiger partial charge in [-0.2, -0.15) is 0 Å². The first-order chi connectivity index (χ1) is 7.45. The summed E-state index contributed by atoms with van der Waals surface area (Å²) in [6.45, 7) is 5.77. The number of nitrogens with zero attached hydrogens (tertiary/aromatic N) is 2. The van der Waals surface area contributed by atoms with Crippen LogP contribution < -0.4 is 5.32 Å². The Morgan fingerprint density at radius 2 is 2.25 bits per heavy atom. The molecule has 1 rings (SSSR count). The number of amides is 1. The molecule has 90 valence electrons. The largest absolute Gasteiger partial charge is 0.350 e. The van der Waals surface area contributed by atoms with Gasteiger partial charge in [0.2, 0.25) is 5.91 Å². The van der Waals surface area contributed by atoms with Crippen LogP contribution in [0.1, 0.15) is 26.5 Å². The molecule has 0 aliphatic rings. The topological polar surface area (TPSA) is 46.9 Å². The van der Waals surface area contributed by atoms with E-state index in [1.54, 1.807) is 17.1 Å². The highest BCUT2D eigenvalue weighted by atomic mass is 19.1. The molecule has 0 spiro atoms. The van der Waals surface area contributed by atoms with Gasteiger partial charge in [0.25, 0.3) is 0 Å². The number of rotatable bonds is 4. The standard InChI is InChI=1S/C11H18FN3O/c1-11(2,3)10(16)14-7-9-6-13-8-15(9)5-4-12/h6,8H,4-5,7H2,1-3H3,(H,14,16). The van der Waals surface area contributed by atoms with E-state index in [0.717, 1.165) is 5.69 Å². The van der Waals surface area contributed by atoms with E-state index in [2.05, 4.69) is 10.3 Å². The number of carbonyl (C=O) groups is 1. The summed E-state index contributed by atoms with van der Waals surface area (Å²) in [5, 5.41) is 2.80. The molecule has 0 atom stereocenters. The van der Waals surface area contributed by atoms with Gasteiger partial charge in [0.05, 0.1) is 25.1 Å². The van der Waals surface area contributed by atoms with Crippen LogP contribution in [0.3, 0.4) is 0 Å². The van der Waals surface area contributed by atoms with E-state index in [0.29, 0.717) is 6.54 Å². The van der Waals surface area contributed by atoms with Crippen molar-refractivity contribution in [2.24, 2.45) is 5.41 Å². The lowest BCUT2D eigenvalue weighted by molar-refractivity contribution is -0.128. The van der Waals surface area contributed by atoms with Gasteiger partial charge in [-0.25, -0.2) is 9.37 Å². The molecule has 5 heteroatoms. The van der Waals surface area contributed by atoms with Gasteiger partial charge >= 0.3 is 0 Å². The van der Waals surface area contributed by atoms with Crippen molar-refractivity contribution in [3.05, 3.63) is 18.2 Å². The van der Waals surface area contributed by atoms with Crippen molar-refractivity contribution in [3.63, 3.8) is 0 Å². The predicted octanol–water partition coefficient (Wildman–Crippen LogP) is 1.51. The van der Waals surface area contributed by atoms with E-state index < -0.39 is 12.1 Å². The molecule has 16 heavy (non-hydrogen) atoms. The third-order valence-electron chi connectivity index (χ3n) is 2.24. The highest BCUT2D eigenvalue weighted by molar-refractivity contribution is 5.81. The first-order valence-corrected chi connectivity index (χ1v) is 5.28. The molecule has 4 nitrogen and oxygen atoms in total. The van der Waals surface area contributed by atoms with E-state index in [9.17, 15) is 9.18 Å². The van der Waals surface area contributed by atoms with E-state index in [1.807, 2.05) is 20.8 Å². The van der Waals surface area contributed by atoms with Crippen molar-refractivity contribution in [2.75, 3.05) is 6.67 Å². The smallest absolute Gasteiger partial charge is 0.225 e. The van der Waals surface area contributed by atoms with E-state index in [1.165, 1.54) is 0 Å². The summed E-state index contributed by atoms with van der Waals surface area (Å²) in [6, 6.07) is 0. The number of aromatic nitrogens is 2. The maximum absolute atomic E-state index is 12.2. The molecule has 1 aromatic heterocycles. The molecule has 1 aromatic rings. The van der Waals surface area contributed by atoms with Crippen LogP contribution in [0.25, 0.3) is 0 Å². The van der Waals surface area contributed by atoms with Gasteiger partial charge in [-0.05, 0) is 0 Å². The molecule has 1 N–H and O–H groups in total. The van der Waals surface area contributed by atoms with Gasteiger partial charge in [-0.15, -0.1) is 0 Å². The molecule has 0 aromatic carbocycles. The monoisotopic (exact) mass is 227 g/mol. The Labute approximate surface area is 94.9 Å². The Kier molecular flexibility index (Phi) is 4.04. The van der Waals surface area contributed by atoms with Crippen molar-refractivity contribution in [1.82, 2.24) is 14.9 Å². The number of nitrogens with one attached hydrogen (secondary N) is 1. The Morgan fingerprint density at radius 1 is 1.56 bits per heavy atom. The number of aryl methyl sites for hydroxylation is 1. The first kappa shape index (κ1) is 12.7. The molecule has 0 unspecified atom stereocenters. The first-order valence-electron chi connectivity index (χ1n) is 5.28. The van der Waals surface area contributed by atoms with E-state index >= 15 is 0 Å². The second kappa shape index (κ2) is 5.09. The number of hydrogen-bond acceptors (Lipinski definition) is 2. The third-order valence-corrected chi connectivity index (χ3v) is 2.24. The predicted molar refractivity (Wildman–Crippen MR) is 59.5 cm³/mol. The third kappa shape index (κ3) is 3.32. The summed E-state index contributed by atoms with van der Waals surface area (Å²) in [6.07, 6.45) is 3.21. The second-order valence-corrected chi connectivity index (χ2v) is 4.70. The minimum Gasteiger partial charge on any atom is -0.350 e. The van der Waals surface area contributed by atoms with Crippen LogP contribution in [-0.4, -0.2) is 22.1 Å². The molecule has 0 saturated heterocycles. The summed E-state index contributed by atoms with van der Waals surface area (Å²) in [7, 11) is 0. The number of carbonyl (C=O) groups excluding carboxylic acids is 1. The molecule has 0 fully saturated rings. The Morgan fingerprint density at radius 3 is 2.81 bits per heavy atom. The van der Waals surface area contributed by atoms with Gasteiger partial charge in [-0.1, -0.05) is 20.8 Å².